The molecule has 0 bridgehead atoms. The van der Waals surface area contributed by atoms with Crippen LogP contribution in [0.25, 0.3) is 0 Å². The van der Waals surface area contributed by atoms with Gasteiger partial charge in [-0.15, -0.1) is 0 Å². The van der Waals surface area contributed by atoms with Crippen LogP contribution in [0.5, 0.6) is 5.75 Å². The number of anilines is 2. The molecular weight excluding hydrogens is 340 g/mol. The van der Waals surface area contributed by atoms with Gasteiger partial charge >= 0.3 is 0 Å². The highest BCUT2D eigenvalue weighted by molar-refractivity contribution is 5.98. The first-order valence-electron chi connectivity index (χ1n) is 9.75. The highest BCUT2D eigenvalue weighted by Crippen LogP contribution is 2.27. The van der Waals surface area contributed by atoms with Crippen molar-refractivity contribution in [2.75, 3.05) is 43.1 Å². The second kappa shape index (κ2) is 7.94. The minimum absolute atomic E-state index is 0.0783. The molecule has 2 aliphatic rings. The third-order valence-electron chi connectivity index (χ3n) is 5.63. The van der Waals surface area contributed by atoms with Crippen molar-refractivity contribution >= 4 is 17.4 Å². The van der Waals surface area contributed by atoms with Crippen molar-refractivity contribution in [3.05, 3.63) is 42.2 Å². The smallest absolute Gasteiger partial charge is 0.166 e. The number of aromatic nitrogens is 2. The van der Waals surface area contributed by atoms with Gasteiger partial charge in [0.15, 0.2) is 5.78 Å². The molecule has 0 unspecified atom stereocenters. The van der Waals surface area contributed by atoms with Crippen molar-refractivity contribution < 1.29 is 9.53 Å². The minimum atomic E-state index is 0.0783. The lowest BCUT2D eigenvalue weighted by Gasteiger charge is -2.32. The van der Waals surface area contributed by atoms with Gasteiger partial charge in [-0.3, -0.25) is 4.79 Å². The molecule has 2 aliphatic heterocycles. The van der Waals surface area contributed by atoms with Gasteiger partial charge in [-0.05, 0) is 49.9 Å². The predicted molar refractivity (Wildman–Crippen MR) is 106 cm³/mol. The van der Waals surface area contributed by atoms with Gasteiger partial charge in [0, 0.05) is 43.7 Å². The molecule has 0 amide bonds. The van der Waals surface area contributed by atoms with Crippen LogP contribution in [0.2, 0.25) is 0 Å². The zero-order chi connectivity index (χ0) is 18.6. The van der Waals surface area contributed by atoms with Gasteiger partial charge in [-0.25, -0.2) is 9.97 Å². The lowest BCUT2D eigenvalue weighted by atomic mass is 9.89. The van der Waals surface area contributed by atoms with Crippen LogP contribution in [0.15, 0.2) is 36.7 Å². The number of Topliss-reactive ketones (excluding diaryl/α,β-unsaturated/α-hetero) is 1. The lowest BCUT2D eigenvalue weighted by Crippen LogP contribution is -2.37. The summed E-state index contributed by atoms with van der Waals surface area (Å²) >= 11 is 0. The number of methoxy groups -OCH3 is 1. The molecule has 0 N–H and O–H groups in total. The van der Waals surface area contributed by atoms with Crippen molar-refractivity contribution in [3.63, 3.8) is 0 Å². The molecular formula is C21H26N4O2. The summed E-state index contributed by atoms with van der Waals surface area (Å²) in [5.41, 5.74) is 0.771. The van der Waals surface area contributed by atoms with Crippen LogP contribution in [0.4, 0.5) is 11.6 Å². The molecule has 2 fully saturated rings. The topological polar surface area (TPSA) is 58.6 Å². The Kier molecular flexibility index (Phi) is 5.23. The maximum Gasteiger partial charge on any atom is 0.166 e. The average Bonchev–Trinajstić information content (AvgIpc) is 3.29. The molecule has 3 heterocycles. The fourth-order valence-electron chi connectivity index (χ4n) is 3.99. The molecule has 2 aromatic rings. The van der Waals surface area contributed by atoms with Crippen LogP contribution in [0, 0.1) is 5.92 Å². The van der Waals surface area contributed by atoms with Gasteiger partial charge in [-0.1, -0.05) is 0 Å². The summed E-state index contributed by atoms with van der Waals surface area (Å²) in [7, 11) is 1.63. The van der Waals surface area contributed by atoms with Crippen LogP contribution in [0.1, 0.15) is 36.0 Å². The standard InChI is InChI=1S/C21H26N4O2/c1-27-18-6-4-16(5-7-18)21(26)17-8-12-25(13-9-17)20-14-19(22-15-23-20)24-10-2-3-11-24/h4-7,14-15,17H,2-3,8-13H2,1H3. The van der Waals surface area contributed by atoms with Crippen LogP contribution < -0.4 is 14.5 Å². The van der Waals surface area contributed by atoms with Gasteiger partial charge in [-0.2, -0.15) is 0 Å². The number of carbonyl (C=O) groups is 1. The predicted octanol–water partition coefficient (Wildman–Crippen LogP) is 3.18. The first kappa shape index (κ1) is 17.8. The van der Waals surface area contributed by atoms with Gasteiger partial charge < -0.3 is 14.5 Å². The zero-order valence-corrected chi connectivity index (χ0v) is 15.8. The summed E-state index contributed by atoms with van der Waals surface area (Å²) in [6.45, 7) is 3.86. The monoisotopic (exact) mass is 366 g/mol. The number of hydrogen-bond acceptors (Lipinski definition) is 6. The molecule has 2 saturated heterocycles. The van der Waals surface area contributed by atoms with Crippen LogP contribution in [-0.4, -0.2) is 49.0 Å². The Bertz CT molecular complexity index is 779. The van der Waals surface area contributed by atoms with Crippen molar-refractivity contribution in [2.45, 2.75) is 25.7 Å². The summed E-state index contributed by atoms with van der Waals surface area (Å²) in [6, 6.07) is 9.52. The van der Waals surface area contributed by atoms with E-state index >= 15 is 0 Å². The first-order valence-corrected chi connectivity index (χ1v) is 9.75. The second-order valence-electron chi connectivity index (χ2n) is 7.28. The number of rotatable bonds is 5. The second-order valence-corrected chi connectivity index (χ2v) is 7.28. The van der Waals surface area contributed by atoms with Gasteiger partial charge in [0.25, 0.3) is 0 Å². The Morgan fingerprint density at radius 2 is 1.56 bits per heavy atom. The summed E-state index contributed by atoms with van der Waals surface area (Å²) in [4.78, 5) is 26.3. The number of hydrogen-bond donors (Lipinski definition) is 0. The average molecular weight is 366 g/mol. The first-order chi connectivity index (χ1) is 13.2. The SMILES string of the molecule is COc1ccc(C(=O)C2CCN(c3cc(N4CCCC4)ncn3)CC2)cc1. The van der Waals surface area contributed by atoms with Crippen molar-refractivity contribution in [1.29, 1.82) is 0 Å². The maximum atomic E-state index is 12.8. The molecule has 142 valence electrons. The molecule has 0 aliphatic carbocycles. The third kappa shape index (κ3) is 3.89. The number of benzene rings is 1. The molecule has 1 aromatic heterocycles. The summed E-state index contributed by atoms with van der Waals surface area (Å²) in [6.07, 6.45) is 5.84. The van der Waals surface area contributed by atoms with Crippen LogP contribution >= 0.6 is 0 Å². The minimum Gasteiger partial charge on any atom is -0.497 e. The van der Waals surface area contributed by atoms with E-state index in [-0.39, 0.29) is 11.7 Å². The summed E-state index contributed by atoms with van der Waals surface area (Å²) < 4.78 is 5.17. The molecule has 0 saturated carbocycles. The lowest BCUT2D eigenvalue weighted by molar-refractivity contribution is 0.0900. The van der Waals surface area contributed by atoms with E-state index in [1.165, 1.54) is 12.8 Å². The molecule has 27 heavy (non-hydrogen) atoms. The van der Waals surface area contributed by atoms with Gasteiger partial charge in [0.1, 0.15) is 23.7 Å². The Morgan fingerprint density at radius 1 is 0.963 bits per heavy atom. The summed E-state index contributed by atoms with van der Waals surface area (Å²) in [5.74, 6) is 3.09. The maximum absolute atomic E-state index is 12.8. The Morgan fingerprint density at radius 3 is 2.15 bits per heavy atom. The van der Waals surface area contributed by atoms with E-state index < -0.39 is 0 Å². The van der Waals surface area contributed by atoms with E-state index in [1.807, 2.05) is 24.3 Å². The molecule has 6 heteroatoms. The summed E-state index contributed by atoms with van der Waals surface area (Å²) in [5, 5.41) is 0. The van der Waals surface area contributed by atoms with E-state index in [0.29, 0.717) is 0 Å². The molecule has 4 rings (SSSR count). The highest BCUT2D eigenvalue weighted by atomic mass is 16.5. The van der Waals surface area contributed by atoms with E-state index in [1.54, 1.807) is 13.4 Å². The molecule has 0 radical (unpaired) electrons. The molecule has 0 atom stereocenters. The van der Waals surface area contributed by atoms with Crippen molar-refractivity contribution in [1.82, 2.24) is 9.97 Å². The van der Waals surface area contributed by atoms with E-state index in [4.69, 9.17) is 4.74 Å². The number of piperidine rings is 1. The number of ether oxygens (including phenoxy) is 1. The van der Waals surface area contributed by atoms with E-state index in [0.717, 1.165) is 62.0 Å². The fraction of sp³-hybridized carbons (Fsp3) is 0.476. The number of ketones is 1. The van der Waals surface area contributed by atoms with E-state index in [2.05, 4.69) is 25.8 Å². The fourth-order valence-corrected chi connectivity index (χ4v) is 3.99. The quantitative estimate of drug-likeness (QED) is 0.758. The largest absolute Gasteiger partial charge is 0.497 e. The normalized spacial score (nSPS) is 18.0. The Balaban J connectivity index is 1.38. The zero-order valence-electron chi connectivity index (χ0n) is 15.8. The Hall–Kier alpha value is -2.63. The van der Waals surface area contributed by atoms with E-state index in [9.17, 15) is 4.79 Å². The number of nitrogens with zero attached hydrogens (tertiary/aromatic N) is 4. The van der Waals surface area contributed by atoms with Gasteiger partial charge in [0.05, 0.1) is 7.11 Å². The number of carbonyl (C=O) groups excluding carboxylic acids is 1. The highest BCUT2D eigenvalue weighted by Gasteiger charge is 2.27. The van der Waals surface area contributed by atoms with Crippen molar-refractivity contribution in [2.24, 2.45) is 5.92 Å². The van der Waals surface area contributed by atoms with Crippen LogP contribution in [-0.2, 0) is 0 Å². The molecule has 6 nitrogen and oxygen atoms in total. The third-order valence-corrected chi connectivity index (χ3v) is 5.63. The molecule has 0 spiro atoms. The van der Waals surface area contributed by atoms with Crippen molar-refractivity contribution in [3.8, 4) is 5.75 Å². The Labute approximate surface area is 160 Å². The van der Waals surface area contributed by atoms with Crippen LogP contribution in [0.3, 0.4) is 0 Å². The molecule has 1 aromatic carbocycles. The van der Waals surface area contributed by atoms with Gasteiger partial charge in [0.2, 0.25) is 0 Å².